The maximum atomic E-state index is 6.00. The zero-order valence-electron chi connectivity index (χ0n) is 7.26. The van der Waals surface area contributed by atoms with Gasteiger partial charge < -0.3 is 14.8 Å². The molecule has 1 aliphatic heterocycles. The molecule has 0 radical (unpaired) electrons. The molecule has 0 fully saturated rings. The molecule has 0 unspecified atom stereocenters. The highest BCUT2D eigenvalue weighted by Crippen LogP contribution is 2.38. The Morgan fingerprint density at radius 2 is 2.38 bits per heavy atom. The van der Waals surface area contributed by atoms with Gasteiger partial charge in [0.2, 0.25) is 0 Å². The molecule has 3 nitrogen and oxygen atoms in total. The summed E-state index contributed by atoms with van der Waals surface area (Å²) in [5.41, 5.74) is 0.855. The number of halogens is 1. The number of anilines is 1. The van der Waals surface area contributed by atoms with E-state index in [0.29, 0.717) is 17.4 Å². The minimum atomic E-state index is 0.633. The van der Waals surface area contributed by atoms with E-state index in [1.165, 1.54) is 0 Å². The SMILES string of the molecule is COc1cc(Cl)c2c(c1)OCCN2. The van der Waals surface area contributed by atoms with Gasteiger partial charge in [0, 0.05) is 18.7 Å². The molecule has 2 rings (SSSR count). The predicted octanol–water partition coefficient (Wildman–Crippen LogP) is 2.15. The van der Waals surface area contributed by atoms with Crippen LogP contribution in [0.2, 0.25) is 5.02 Å². The van der Waals surface area contributed by atoms with Crippen molar-refractivity contribution in [1.29, 1.82) is 0 Å². The van der Waals surface area contributed by atoms with Crippen LogP contribution in [0.25, 0.3) is 0 Å². The van der Waals surface area contributed by atoms with Crippen molar-refractivity contribution >= 4 is 17.3 Å². The van der Waals surface area contributed by atoms with Gasteiger partial charge in [-0.05, 0) is 0 Å². The maximum absolute atomic E-state index is 6.00. The molecular formula is C9H10ClNO2. The summed E-state index contributed by atoms with van der Waals surface area (Å²) in [6.45, 7) is 1.45. The number of nitrogens with one attached hydrogen (secondary N) is 1. The van der Waals surface area contributed by atoms with Gasteiger partial charge in [-0.15, -0.1) is 0 Å². The number of hydrogen-bond acceptors (Lipinski definition) is 3. The van der Waals surface area contributed by atoms with Crippen molar-refractivity contribution in [2.75, 3.05) is 25.6 Å². The van der Waals surface area contributed by atoms with Crippen molar-refractivity contribution in [2.24, 2.45) is 0 Å². The molecule has 4 heteroatoms. The van der Waals surface area contributed by atoms with Crippen LogP contribution in [-0.4, -0.2) is 20.3 Å². The van der Waals surface area contributed by atoms with E-state index < -0.39 is 0 Å². The molecule has 0 aliphatic carbocycles. The molecule has 0 saturated carbocycles. The molecule has 1 aliphatic rings. The average Bonchev–Trinajstić information content (AvgIpc) is 2.18. The molecule has 0 amide bonds. The Kier molecular flexibility index (Phi) is 2.19. The fourth-order valence-corrected chi connectivity index (χ4v) is 1.57. The van der Waals surface area contributed by atoms with Gasteiger partial charge in [-0.1, -0.05) is 11.6 Å². The predicted molar refractivity (Wildman–Crippen MR) is 52.0 cm³/mol. The van der Waals surface area contributed by atoms with Crippen molar-refractivity contribution in [3.05, 3.63) is 17.2 Å². The Morgan fingerprint density at radius 3 is 3.15 bits per heavy atom. The minimum Gasteiger partial charge on any atom is -0.497 e. The summed E-state index contributed by atoms with van der Waals surface area (Å²) < 4.78 is 10.5. The lowest BCUT2D eigenvalue weighted by atomic mass is 10.2. The van der Waals surface area contributed by atoms with Gasteiger partial charge in [0.25, 0.3) is 0 Å². The van der Waals surface area contributed by atoms with E-state index >= 15 is 0 Å². The summed E-state index contributed by atoms with van der Waals surface area (Å²) >= 11 is 6.00. The second-order valence-electron chi connectivity index (χ2n) is 2.76. The van der Waals surface area contributed by atoms with Crippen molar-refractivity contribution in [3.63, 3.8) is 0 Å². The quantitative estimate of drug-likeness (QED) is 0.752. The van der Waals surface area contributed by atoms with Gasteiger partial charge in [-0.3, -0.25) is 0 Å². The topological polar surface area (TPSA) is 30.5 Å². The fourth-order valence-electron chi connectivity index (χ4n) is 1.30. The van der Waals surface area contributed by atoms with Gasteiger partial charge in [0.1, 0.15) is 18.1 Å². The number of hydrogen-bond donors (Lipinski definition) is 1. The van der Waals surface area contributed by atoms with Crippen LogP contribution in [0.1, 0.15) is 0 Å². The van der Waals surface area contributed by atoms with Gasteiger partial charge in [-0.2, -0.15) is 0 Å². The van der Waals surface area contributed by atoms with Crippen molar-refractivity contribution in [2.45, 2.75) is 0 Å². The van der Waals surface area contributed by atoms with Crippen LogP contribution in [0.15, 0.2) is 12.1 Å². The van der Waals surface area contributed by atoms with Gasteiger partial charge in [0.15, 0.2) is 0 Å². The second-order valence-corrected chi connectivity index (χ2v) is 3.16. The molecule has 0 saturated heterocycles. The van der Waals surface area contributed by atoms with E-state index in [1.54, 1.807) is 13.2 Å². The smallest absolute Gasteiger partial charge is 0.147 e. The Labute approximate surface area is 81.6 Å². The maximum Gasteiger partial charge on any atom is 0.147 e. The first-order valence-electron chi connectivity index (χ1n) is 4.05. The zero-order valence-corrected chi connectivity index (χ0v) is 8.02. The second kappa shape index (κ2) is 3.34. The summed E-state index contributed by atoms with van der Waals surface area (Å²) in [4.78, 5) is 0. The zero-order chi connectivity index (χ0) is 9.26. The summed E-state index contributed by atoms with van der Waals surface area (Å²) in [5.74, 6) is 1.48. The van der Waals surface area contributed by atoms with E-state index in [9.17, 15) is 0 Å². The number of fused-ring (bicyclic) bond motifs is 1. The summed E-state index contributed by atoms with van der Waals surface area (Å²) in [6, 6.07) is 3.59. The normalized spacial score (nSPS) is 14.0. The summed E-state index contributed by atoms with van der Waals surface area (Å²) in [7, 11) is 1.61. The Morgan fingerprint density at radius 1 is 1.54 bits per heavy atom. The fraction of sp³-hybridized carbons (Fsp3) is 0.333. The molecule has 0 atom stereocenters. The first-order valence-corrected chi connectivity index (χ1v) is 4.43. The lowest BCUT2D eigenvalue weighted by Crippen LogP contribution is -2.18. The van der Waals surface area contributed by atoms with Crippen LogP contribution in [0.5, 0.6) is 11.5 Å². The lowest BCUT2D eigenvalue weighted by Gasteiger charge is -2.20. The lowest BCUT2D eigenvalue weighted by molar-refractivity contribution is 0.320. The van der Waals surface area contributed by atoms with Gasteiger partial charge in [0.05, 0.1) is 17.8 Å². The minimum absolute atomic E-state index is 0.633. The molecule has 1 aromatic carbocycles. The summed E-state index contributed by atoms with van der Waals surface area (Å²) in [5, 5.41) is 3.80. The third kappa shape index (κ3) is 1.52. The Hall–Kier alpha value is -1.09. The number of benzene rings is 1. The van der Waals surface area contributed by atoms with E-state index in [2.05, 4.69) is 5.32 Å². The Bertz CT molecular complexity index is 328. The van der Waals surface area contributed by atoms with E-state index in [1.807, 2.05) is 6.07 Å². The number of ether oxygens (including phenoxy) is 2. The van der Waals surface area contributed by atoms with Crippen LogP contribution in [0, 0.1) is 0 Å². The standard InChI is InChI=1S/C9H10ClNO2/c1-12-6-4-7(10)9-8(5-6)13-3-2-11-9/h4-5,11H,2-3H2,1H3. The molecule has 0 spiro atoms. The van der Waals surface area contributed by atoms with E-state index in [4.69, 9.17) is 21.1 Å². The first-order chi connectivity index (χ1) is 6.31. The third-order valence-electron chi connectivity index (χ3n) is 1.92. The molecular weight excluding hydrogens is 190 g/mol. The molecule has 1 aromatic rings. The van der Waals surface area contributed by atoms with Gasteiger partial charge >= 0.3 is 0 Å². The van der Waals surface area contributed by atoms with E-state index in [0.717, 1.165) is 18.0 Å². The monoisotopic (exact) mass is 199 g/mol. The first kappa shape index (κ1) is 8.51. The highest BCUT2D eigenvalue weighted by molar-refractivity contribution is 6.33. The summed E-state index contributed by atoms with van der Waals surface area (Å²) in [6.07, 6.45) is 0. The van der Waals surface area contributed by atoms with Crippen molar-refractivity contribution in [3.8, 4) is 11.5 Å². The molecule has 13 heavy (non-hydrogen) atoms. The van der Waals surface area contributed by atoms with Crippen molar-refractivity contribution < 1.29 is 9.47 Å². The molecule has 70 valence electrons. The van der Waals surface area contributed by atoms with Crippen LogP contribution in [0.3, 0.4) is 0 Å². The average molecular weight is 200 g/mol. The van der Waals surface area contributed by atoms with Crippen LogP contribution in [-0.2, 0) is 0 Å². The largest absolute Gasteiger partial charge is 0.497 e. The number of methoxy groups -OCH3 is 1. The molecule has 0 aromatic heterocycles. The Balaban J connectivity index is 2.47. The number of rotatable bonds is 1. The van der Waals surface area contributed by atoms with Crippen LogP contribution >= 0.6 is 11.6 Å². The third-order valence-corrected chi connectivity index (χ3v) is 2.22. The van der Waals surface area contributed by atoms with Crippen molar-refractivity contribution in [1.82, 2.24) is 0 Å². The van der Waals surface area contributed by atoms with Gasteiger partial charge in [-0.25, -0.2) is 0 Å². The van der Waals surface area contributed by atoms with Crippen LogP contribution in [0.4, 0.5) is 5.69 Å². The van der Waals surface area contributed by atoms with E-state index in [-0.39, 0.29) is 0 Å². The van der Waals surface area contributed by atoms with Crippen LogP contribution < -0.4 is 14.8 Å². The molecule has 1 heterocycles. The molecule has 1 N–H and O–H groups in total. The highest BCUT2D eigenvalue weighted by atomic mass is 35.5. The molecule has 0 bridgehead atoms. The highest BCUT2D eigenvalue weighted by Gasteiger charge is 2.14.